The summed E-state index contributed by atoms with van der Waals surface area (Å²) >= 11 is 0. The maximum absolute atomic E-state index is 12.2. The van der Waals surface area contributed by atoms with Crippen LogP contribution in [0.3, 0.4) is 0 Å². The van der Waals surface area contributed by atoms with Crippen LogP contribution in [-0.2, 0) is 7.05 Å². The zero-order chi connectivity index (χ0) is 13.3. The van der Waals surface area contributed by atoms with E-state index in [0.717, 1.165) is 22.6 Å². The Morgan fingerprint density at radius 3 is 2.44 bits per heavy atom. The van der Waals surface area contributed by atoms with E-state index >= 15 is 0 Å². The van der Waals surface area contributed by atoms with Crippen LogP contribution in [0.25, 0.3) is 0 Å². The van der Waals surface area contributed by atoms with Crippen LogP contribution in [0.5, 0.6) is 0 Å². The van der Waals surface area contributed by atoms with E-state index in [0.29, 0.717) is 5.56 Å². The number of aryl methyl sites for hydroxylation is 3. The van der Waals surface area contributed by atoms with Crippen molar-refractivity contribution >= 4 is 11.6 Å². The Balaban J connectivity index is 2.30. The standard InChI is InChI=1S/C14H17N3O/c1-9-7-5-6-8-12(9)14(18)15-13-10(2)16-17(4)11(13)3/h5-8H,1-4H3,(H,15,18). The van der Waals surface area contributed by atoms with Gasteiger partial charge in [-0.1, -0.05) is 18.2 Å². The SMILES string of the molecule is Cc1ccccc1C(=O)Nc1c(C)nn(C)c1C. The summed E-state index contributed by atoms with van der Waals surface area (Å²) in [6.07, 6.45) is 0. The highest BCUT2D eigenvalue weighted by Gasteiger charge is 2.14. The average molecular weight is 243 g/mol. The van der Waals surface area contributed by atoms with Crippen molar-refractivity contribution in [1.82, 2.24) is 9.78 Å². The van der Waals surface area contributed by atoms with Crippen molar-refractivity contribution in [3.8, 4) is 0 Å². The number of anilines is 1. The number of hydrogen-bond donors (Lipinski definition) is 1. The fraction of sp³-hybridized carbons (Fsp3) is 0.286. The zero-order valence-corrected chi connectivity index (χ0v) is 11.1. The second kappa shape index (κ2) is 4.64. The van der Waals surface area contributed by atoms with E-state index in [-0.39, 0.29) is 5.91 Å². The first-order valence-corrected chi connectivity index (χ1v) is 5.88. The molecule has 0 atom stereocenters. The van der Waals surface area contributed by atoms with Crippen LogP contribution >= 0.6 is 0 Å². The molecule has 0 aliphatic carbocycles. The summed E-state index contributed by atoms with van der Waals surface area (Å²) in [6, 6.07) is 7.54. The van der Waals surface area contributed by atoms with Gasteiger partial charge in [0.15, 0.2) is 0 Å². The molecule has 0 unspecified atom stereocenters. The number of nitrogens with one attached hydrogen (secondary N) is 1. The Labute approximate surface area is 107 Å². The summed E-state index contributed by atoms with van der Waals surface area (Å²) in [5.74, 6) is -0.0905. The van der Waals surface area contributed by atoms with Gasteiger partial charge in [0.25, 0.3) is 5.91 Å². The molecule has 0 saturated carbocycles. The predicted octanol–water partition coefficient (Wildman–Crippen LogP) is 2.60. The van der Waals surface area contributed by atoms with Crippen molar-refractivity contribution in [1.29, 1.82) is 0 Å². The highest BCUT2D eigenvalue weighted by Crippen LogP contribution is 2.19. The third kappa shape index (κ3) is 2.14. The Morgan fingerprint density at radius 2 is 1.89 bits per heavy atom. The van der Waals surface area contributed by atoms with Crippen LogP contribution in [0, 0.1) is 20.8 Å². The van der Waals surface area contributed by atoms with Gasteiger partial charge in [-0.3, -0.25) is 9.48 Å². The second-order valence-corrected chi connectivity index (χ2v) is 4.44. The Morgan fingerprint density at radius 1 is 1.22 bits per heavy atom. The van der Waals surface area contributed by atoms with E-state index in [4.69, 9.17) is 0 Å². The van der Waals surface area contributed by atoms with E-state index in [1.807, 2.05) is 52.1 Å². The number of amides is 1. The molecule has 1 amide bonds. The molecule has 0 saturated heterocycles. The number of carbonyl (C=O) groups is 1. The van der Waals surface area contributed by atoms with Crippen LogP contribution in [-0.4, -0.2) is 15.7 Å². The molecular formula is C14H17N3O. The number of carbonyl (C=O) groups excluding carboxylic acids is 1. The smallest absolute Gasteiger partial charge is 0.256 e. The molecule has 1 N–H and O–H groups in total. The summed E-state index contributed by atoms with van der Waals surface area (Å²) in [6.45, 7) is 5.76. The van der Waals surface area contributed by atoms with Gasteiger partial charge in [0.1, 0.15) is 0 Å². The Kier molecular flexibility index (Phi) is 3.19. The molecule has 0 bridgehead atoms. The van der Waals surface area contributed by atoms with Crippen molar-refractivity contribution < 1.29 is 4.79 Å². The zero-order valence-electron chi connectivity index (χ0n) is 11.1. The molecule has 4 heteroatoms. The van der Waals surface area contributed by atoms with Gasteiger partial charge in [-0.15, -0.1) is 0 Å². The van der Waals surface area contributed by atoms with Gasteiger partial charge in [0.2, 0.25) is 0 Å². The third-order valence-electron chi connectivity index (χ3n) is 3.14. The number of hydrogen-bond acceptors (Lipinski definition) is 2. The molecule has 4 nitrogen and oxygen atoms in total. The van der Waals surface area contributed by atoms with Gasteiger partial charge >= 0.3 is 0 Å². The summed E-state index contributed by atoms with van der Waals surface area (Å²) in [5.41, 5.74) is 4.24. The molecule has 0 aliphatic heterocycles. The lowest BCUT2D eigenvalue weighted by atomic mass is 10.1. The minimum absolute atomic E-state index is 0.0905. The molecule has 2 rings (SSSR count). The molecule has 0 spiro atoms. The molecule has 0 radical (unpaired) electrons. The minimum Gasteiger partial charge on any atom is -0.319 e. The van der Waals surface area contributed by atoms with Gasteiger partial charge in [-0.25, -0.2) is 0 Å². The quantitative estimate of drug-likeness (QED) is 0.881. The van der Waals surface area contributed by atoms with Crippen molar-refractivity contribution in [2.24, 2.45) is 7.05 Å². The van der Waals surface area contributed by atoms with Crippen LogP contribution in [0.15, 0.2) is 24.3 Å². The Bertz CT molecular complexity index is 599. The van der Waals surface area contributed by atoms with Crippen LogP contribution in [0.2, 0.25) is 0 Å². The summed E-state index contributed by atoms with van der Waals surface area (Å²) in [5, 5.41) is 7.22. The molecule has 1 heterocycles. The lowest BCUT2D eigenvalue weighted by Crippen LogP contribution is -2.14. The first-order chi connectivity index (χ1) is 8.50. The fourth-order valence-corrected chi connectivity index (χ4v) is 1.96. The molecule has 0 fully saturated rings. The number of benzene rings is 1. The van der Waals surface area contributed by atoms with Crippen molar-refractivity contribution in [3.05, 3.63) is 46.8 Å². The maximum Gasteiger partial charge on any atom is 0.256 e. The first kappa shape index (κ1) is 12.4. The van der Waals surface area contributed by atoms with Crippen molar-refractivity contribution in [2.45, 2.75) is 20.8 Å². The largest absolute Gasteiger partial charge is 0.319 e. The van der Waals surface area contributed by atoms with E-state index < -0.39 is 0 Å². The van der Waals surface area contributed by atoms with Crippen molar-refractivity contribution in [2.75, 3.05) is 5.32 Å². The maximum atomic E-state index is 12.2. The number of nitrogens with zero attached hydrogens (tertiary/aromatic N) is 2. The summed E-state index contributed by atoms with van der Waals surface area (Å²) in [7, 11) is 1.87. The van der Waals surface area contributed by atoms with Crippen LogP contribution in [0.4, 0.5) is 5.69 Å². The molecule has 0 aliphatic rings. The third-order valence-corrected chi connectivity index (χ3v) is 3.14. The number of aromatic nitrogens is 2. The molecule has 94 valence electrons. The van der Waals surface area contributed by atoms with Gasteiger partial charge in [0.05, 0.1) is 17.1 Å². The summed E-state index contributed by atoms with van der Waals surface area (Å²) in [4.78, 5) is 12.2. The molecule has 18 heavy (non-hydrogen) atoms. The highest BCUT2D eigenvalue weighted by atomic mass is 16.1. The van der Waals surface area contributed by atoms with Gasteiger partial charge in [0, 0.05) is 12.6 Å². The summed E-state index contributed by atoms with van der Waals surface area (Å²) < 4.78 is 1.77. The van der Waals surface area contributed by atoms with E-state index in [1.165, 1.54) is 0 Å². The van der Waals surface area contributed by atoms with E-state index in [2.05, 4.69) is 10.4 Å². The second-order valence-electron chi connectivity index (χ2n) is 4.44. The first-order valence-electron chi connectivity index (χ1n) is 5.88. The predicted molar refractivity (Wildman–Crippen MR) is 71.8 cm³/mol. The molecule has 2 aromatic rings. The van der Waals surface area contributed by atoms with E-state index in [9.17, 15) is 4.79 Å². The molecule has 1 aromatic carbocycles. The molecular weight excluding hydrogens is 226 g/mol. The minimum atomic E-state index is -0.0905. The molecule has 1 aromatic heterocycles. The fourth-order valence-electron chi connectivity index (χ4n) is 1.96. The monoisotopic (exact) mass is 243 g/mol. The average Bonchev–Trinajstić information content (AvgIpc) is 2.56. The lowest BCUT2D eigenvalue weighted by molar-refractivity contribution is 0.102. The van der Waals surface area contributed by atoms with Gasteiger partial charge in [-0.05, 0) is 32.4 Å². The van der Waals surface area contributed by atoms with Crippen molar-refractivity contribution in [3.63, 3.8) is 0 Å². The van der Waals surface area contributed by atoms with E-state index in [1.54, 1.807) is 4.68 Å². The van der Waals surface area contributed by atoms with Crippen LogP contribution < -0.4 is 5.32 Å². The lowest BCUT2D eigenvalue weighted by Gasteiger charge is -2.07. The highest BCUT2D eigenvalue weighted by molar-refractivity contribution is 6.05. The number of rotatable bonds is 2. The Hall–Kier alpha value is -2.10. The van der Waals surface area contributed by atoms with Gasteiger partial charge < -0.3 is 5.32 Å². The van der Waals surface area contributed by atoms with Crippen LogP contribution in [0.1, 0.15) is 27.3 Å². The normalized spacial score (nSPS) is 10.4. The topological polar surface area (TPSA) is 46.9 Å². The van der Waals surface area contributed by atoms with Gasteiger partial charge in [-0.2, -0.15) is 5.10 Å².